The fraction of sp³-hybridized carbons (Fsp3) is 0.636. The van der Waals surface area contributed by atoms with Crippen molar-refractivity contribution in [1.82, 2.24) is 0 Å². The summed E-state index contributed by atoms with van der Waals surface area (Å²) >= 11 is 0. The van der Waals surface area contributed by atoms with Crippen molar-refractivity contribution in [3.63, 3.8) is 0 Å². The maximum Gasteiger partial charge on any atom is 0.303 e. The van der Waals surface area contributed by atoms with Crippen LogP contribution in [-0.2, 0) is 9.59 Å². The zero-order chi connectivity index (χ0) is 19.4. The monoisotopic (exact) mass is 362 g/mol. The van der Waals surface area contributed by atoms with Gasteiger partial charge in [-0.3, -0.25) is 9.59 Å². The lowest BCUT2D eigenvalue weighted by Gasteiger charge is -2.18. The average Bonchev–Trinajstić information content (AvgIpc) is 2.91. The molecule has 4 nitrogen and oxygen atoms in total. The number of carbonyl (C=O) groups is 2. The molecule has 0 aliphatic heterocycles. The third kappa shape index (κ3) is 8.13. The van der Waals surface area contributed by atoms with Crippen molar-refractivity contribution in [2.24, 2.45) is 17.8 Å². The first-order valence-corrected chi connectivity index (χ1v) is 9.88. The molecule has 0 saturated heterocycles. The van der Waals surface area contributed by atoms with Crippen molar-refractivity contribution in [1.29, 1.82) is 0 Å². The third-order valence-electron chi connectivity index (χ3n) is 5.09. The van der Waals surface area contributed by atoms with E-state index in [2.05, 4.69) is 13.5 Å². The first-order chi connectivity index (χ1) is 12.5. The van der Waals surface area contributed by atoms with Crippen LogP contribution in [0.5, 0.6) is 0 Å². The van der Waals surface area contributed by atoms with Gasteiger partial charge in [-0.05, 0) is 37.5 Å². The third-order valence-corrected chi connectivity index (χ3v) is 5.09. The largest absolute Gasteiger partial charge is 0.481 e. The van der Waals surface area contributed by atoms with Crippen LogP contribution in [0.2, 0.25) is 0 Å². The fourth-order valence-corrected chi connectivity index (χ4v) is 3.53. The Hall–Kier alpha value is -1.68. The Morgan fingerprint density at radius 1 is 1.31 bits per heavy atom. The van der Waals surface area contributed by atoms with Gasteiger partial charge < -0.3 is 10.2 Å². The van der Waals surface area contributed by atoms with Gasteiger partial charge in [0.2, 0.25) is 0 Å². The van der Waals surface area contributed by atoms with Crippen molar-refractivity contribution in [2.75, 3.05) is 0 Å². The second-order valence-electron chi connectivity index (χ2n) is 7.19. The van der Waals surface area contributed by atoms with Gasteiger partial charge >= 0.3 is 5.97 Å². The van der Waals surface area contributed by atoms with Gasteiger partial charge in [0, 0.05) is 18.8 Å². The zero-order valence-corrected chi connectivity index (χ0v) is 16.0. The summed E-state index contributed by atoms with van der Waals surface area (Å²) in [6, 6.07) is 0. The molecule has 1 rings (SSSR count). The van der Waals surface area contributed by atoms with E-state index in [0.29, 0.717) is 19.3 Å². The normalized spacial score (nSPS) is 24.5. The minimum atomic E-state index is -0.777. The van der Waals surface area contributed by atoms with E-state index in [1.54, 1.807) is 0 Å². The van der Waals surface area contributed by atoms with E-state index < -0.39 is 12.1 Å². The summed E-state index contributed by atoms with van der Waals surface area (Å²) in [4.78, 5) is 22.9. The number of hydrogen-bond acceptors (Lipinski definition) is 3. The van der Waals surface area contributed by atoms with Crippen molar-refractivity contribution in [3.8, 4) is 0 Å². The lowest BCUT2D eigenvalue weighted by atomic mass is 9.86. The molecule has 1 fully saturated rings. The highest BCUT2D eigenvalue weighted by molar-refractivity contribution is 5.84. The molecule has 4 unspecified atom stereocenters. The highest BCUT2D eigenvalue weighted by Gasteiger charge is 2.38. The molecule has 0 radical (unpaired) electrons. The van der Waals surface area contributed by atoms with Gasteiger partial charge in [0.15, 0.2) is 0 Å². The number of rotatable bonds is 13. The van der Waals surface area contributed by atoms with Crippen molar-refractivity contribution < 1.29 is 19.8 Å². The zero-order valence-electron chi connectivity index (χ0n) is 16.0. The molecule has 4 heteroatoms. The predicted molar refractivity (Wildman–Crippen MR) is 105 cm³/mol. The Bertz CT molecular complexity index is 506. The first kappa shape index (κ1) is 22.4. The van der Waals surface area contributed by atoms with Crippen molar-refractivity contribution in [3.05, 3.63) is 37.0 Å². The molecule has 1 aliphatic carbocycles. The molecule has 0 amide bonds. The SMILES string of the molecule is C=CC1CC(=O)C(CC=CCCCC(=O)O)C1C=CC(O)CCCCC. The van der Waals surface area contributed by atoms with E-state index in [4.69, 9.17) is 5.11 Å². The van der Waals surface area contributed by atoms with Gasteiger partial charge in [-0.25, -0.2) is 0 Å². The van der Waals surface area contributed by atoms with Gasteiger partial charge in [0.05, 0.1) is 6.10 Å². The van der Waals surface area contributed by atoms with Crippen LogP contribution in [-0.4, -0.2) is 28.1 Å². The maximum absolute atomic E-state index is 12.4. The molecule has 146 valence electrons. The number of carboxylic acid groups (broad SMARTS) is 1. The Balaban J connectivity index is 2.57. The number of aliphatic carboxylic acids is 1. The molecule has 2 N–H and O–H groups in total. The molecule has 0 aromatic carbocycles. The molecule has 1 saturated carbocycles. The minimum absolute atomic E-state index is 0.0761. The summed E-state index contributed by atoms with van der Waals surface area (Å²) in [5, 5.41) is 18.7. The number of carbonyl (C=O) groups excluding carboxylic acids is 1. The first-order valence-electron chi connectivity index (χ1n) is 9.88. The summed E-state index contributed by atoms with van der Waals surface area (Å²) in [5.74, 6) is -0.384. The number of allylic oxidation sites excluding steroid dienone is 4. The van der Waals surface area contributed by atoms with Crippen molar-refractivity contribution in [2.45, 2.75) is 70.8 Å². The quantitative estimate of drug-likeness (QED) is 0.368. The standard InChI is InChI=1S/C22H34O4/c1-3-5-8-11-18(23)14-15-19-17(4-2)16-21(24)20(19)12-9-6-7-10-13-22(25)26/h4,6,9,14-15,17-20,23H,2-3,5,7-8,10-13,16H2,1H3,(H,25,26). The fourth-order valence-electron chi connectivity index (χ4n) is 3.53. The molecular formula is C22H34O4. The number of aliphatic hydroxyl groups is 1. The Morgan fingerprint density at radius 3 is 2.73 bits per heavy atom. The van der Waals surface area contributed by atoms with E-state index in [1.165, 1.54) is 0 Å². The topological polar surface area (TPSA) is 74.6 Å². The number of hydrogen-bond donors (Lipinski definition) is 2. The summed E-state index contributed by atoms with van der Waals surface area (Å²) in [6.45, 7) is 6.00. The molecule has 0 aromatic heterocycles. The summed E-state index contributed by atoms with van der Waals surface area (Å²) in [6.07, 6.45) is 15.9. The molecule has 1 aliphatic rings. The molecule has 4 atom stereocenters. The van der Waals surface area contributed by atoms with Crippen LogP contribution < -0.4 is 0 Å². The van der Waals surface area contributed by atoms with Crippen LogP contribution >= 0.6 is 0 Å². The number of Topliss-reactive ketones (excluding diaryl/α,β-unsaturated/α-hetero) is 1. The van der Waals surface area contributed by atoms with Gasteiger partial charge in [-0.15, -0.1) is 6.58 Å². The lowest BCUT2D eigenvalue weighted by molar-refractivity contribution is -0.137. The summed E-state index contributed by atoms with van der Waals surface area (Å²) < 4.78 is 0. The molecule has 0 heterocycles. The average molecular weight is 363 g/mol. The van der Waals surface area contributed by atoms with Crippen LogP contribution in [0, 0.1) is 17.8 Å². The maximum atomic E-state index is 12.4. The highest BCUT2D eigenvalue weighted by atomic mass is 16.4. The van der Waals surface area contributed by atoms with E-state index >= 15 is 0 Å². The molecule has 0 bridgehead atoms. The molecular weight excluding hydrogens is 328 g/mol. The number of ketones is 1. The second-order valence-corrected chi connectivity index (χ2v) is 7.19. The van der Waals surface area contributed by atoms with E-state index in [1.807, 2.05) is 30.4 Å². The number of aliphatic hydroxyl groups excluding tert-OH is 1. The Morgan fingerprint density at radius 2 is 2.08 bits per heavy atom. The van der Waals surface area contributed by atoms with Crippen LogP contribution in [0.25, 0.3) is 0 Å². The smallest absolute Gasteiger partial charge is 0.303 e. The second kappa shape index (κ2) is 12.6. The highest BCUT2D eigenvalue weighted by Crippen LogP contribution is 2.38. The van der Waals surface area contributed by atoms with Gasteiger partial charge in [0.25, 0.3) is 0 Å². The van der Waals surface area contributed by atoms with Gasteiger partial charge in [0.1, 0.15) is 5.78 Å². The van der Waals surface area contributed by atoms with Gasteiger partial charge in [-0.1, -0.05) is 56.6 Å². The Kier molecular flexibility index (Phi) is 10.9. The van der Waals surface area contributed by atoms with Crippen LogP contribution in [0.1, 0.15) is 64.7 Å². The van der Waals surface area contributed by atoms with Crippen LogP contribution in [0.4, 0.5) is 0 Å². The summed E-state index contributed by atoms with van der Waals surface area (Å²) in [5.41, 5.74) is 0. The van der Waals surface area contributed by atoms with E-state index in [-0.39, 0.29) is 30.0 Å². The predicted octanol–water partition coefficient (Wildman–Crippen LogP) is 4.69. The number of carboxylic acids is 1. The lowest BCUT2D eigenvalue weighted by Crippen LogP contribution is -2.15. The molecule has 0 aromatic rings. The van der Waals surface area contributed by atoms with E-state index in [9.17, 15) is 14.7 Å². The Labute approximate surface area is 157 Å². The van der Waals surface area contributed by atoms with Crippen LogP contribution in [0.15, 0.2) is 37.0 Å². The van der Waals surface area contributed by atoms with Crippen LogP contribution in [0.3, 0.4) is 0 Å². The minimum Gasteiger partial charge on any atom is -0.481 e. The van der Waals surface area contributed by atoms with Gasteiger partial charge in [-0.2, -0.15) is 0 Å². The summed E-state index contributed by atoms with van der Waals surface area (Å²) in [7, 11) is 0. The molecule has 26 heavy (non-hydrogen) atoms. The van der Waals surface area contributed by atoms with E-state index in [0.717, 1.165) is 32.1 Å². The number of unbranched alkanes of at least 4 members (excludes halogenated alkanes) is 3. The van der Waals surface area contributed by atoms with Crippen molar-refractivity contribution >= 4 is 11.8 Å². The molecule has 0 spiro atoms.